The first-order chi connectivity index (χ1) is 17.2. The van der Waals surface area contributed by atoms with E-state index in [4.69, 9.17) is 23.4 Å². The fourth-order valence-corrected chi connectivity index (χ4v) is 3.31. The van der Waals surface area contributed by atoms with E-state index in [0.29, 0.717) is 0 Å². The van der Waals surface area contributed by atoms with Crippen LogP contribution in [0, 0.1) is 0 Å². The summed E-state index contributed by atoms with van der Waals surface area (Å²) in [5.41, 5.74) is -1.77. The summed E-state index contributed by atoms with van der Waals surface area (Å²) in [6.07, 6.45) is -1.34. The molecular formula is C23H16O13. The summed E-state index contributed by atoms with van der Waals surface area (Å²) in [4.78, 5) is 46.4. The number of carboxylic acids is 1. The molecule has 1 unspecified atom stereocenters. The molecule has 0 spiro atoms. The van der Waals surface area contributed by atoms with Crippen molar-refractivity contribution >= 4 is 34.4 Å². The first kappa shape index (κ1) is 24.1. The highest BCUT2D eigenvalue weighted by atomic mass is 16.6. The molecule has 0 aliphatic carbocycles. The SMILES string of the molecule is O=COc1cc(=O)c2c(OCC(O)COc3cc(O)cc4oc(C(=O)O)cc(=O)c34)cc(O)cc2o1. The number of phenols is 2. The Hall–Kier alpha value is -5.04. The van der Waals surface area contributed by atoms with Gasteiger partial charge in [0.05, 0.1) is 6.07 Å². The van der Waals surface area contributed by atoms with Gasteiger partial charge in [0, 0.05) is 30.3 Å². The van der Waals surface area contributed by atoms with Crippen molar-refractivity contribution in [2.75, 3.05) is 13.2 Å². The number of rotatable bonds is 9. The van der Waals surface area contributed by atoms with Crippen LogP contribution in [0.25, 0.3) is 21.9 Å². The molecule has 13 nitrogen and oxygen atoms in total. The van der Waals surface area contributed by atoms with Gasteiger partial charge in [0.1, 0.15) is 64.3 Å². The molecule has 2 aromatic heterocycles. The zero-order chi connectivity index (χ0) is 26.0. The maximum absolute atomic E-state index is 12.4. The lowest BCUT2D eigenvalue weighted by Crippen LogP contribution is -2.25. The average molecular weight is 500 g/mol. The van der Waals surface area contributed by atoms with E-state index in [-0.39, 0.29) is 51.4 Å². The molecule has 1 atom stereocenters. The quantitative estimate of drug-likeness (QED) is 0.240. The number of carbonyl (C=O) groups is 2. The van der Waals surface area contributed by atoms with Crippen LogP contribution in [-0.4, -0.2) is 52.2 Å². The van der Waals surface area contributed by atoms with E-state index >= 15 is 0 Å². The summed E-state index contributed by atoms with van der Waals surface area (Å²) >= 11 is 0. The number of aliphatic hydroxyl groups is 1. The Labute approximate surface area is 198 Å². The second-order valence-corrected chi connectivity index (χ2v) is 7.33. The third-order valence-corrected chi connectivity index (χ3v) is 4.77. The van der Waals surface area contributed by atoms with Crippen molar-refractivity contribution in [3.05, 3.63) is 62.6 Å². The van der Waals surface area contributed by atoms with E-state index < -0.39 is 47.9 Å². The van der Waals surface area contributed by atoms with E-state index in [0.717, 1.165) is 36.4 Å². The van der Waals surface area contributed by atoms with Gasteiger partial charge in [-0.15, -0.1) is 0 Å². The summed E-state index contributed by atoms with van der Waals surface area (Å²) in [6.45, 7) is -0.841. The van der Waals surface area contributed by atoms with Gasteiger partial charge in [0.2, 0.25) is 5.76 Å². The van der Waals surface area contributed by atoms with Gasteiger partial charge in [-0.2, -0.15) is 0 Å². The molecule has 2 aromatic carbocycles. The van der Waals surface area contributed by atoms with Gasteiger partial charge in [-0.25, -0.2) is 4.79 Å². The first-order valence-electron chi connectivity index (χ1n) is 10.0. The van der Waals surface area contributed by atoms with Crippen molar-refractivity contribution in [3.8, 4) is 28.9 Å². The lowest BCUT2D eigenvalue weighted by atomic mass is 10.2. The van der Waals surface area contributed by atoms with Gasteiger partial charge < -0.3 is 43.5 Å². The molecule has 0 radical (unpaired) electrons. The Morgan fingerprint density at radius 2 is 1.39 bits per heavy atom. The number of aliphatic hydroxyl groups excluding tert-OH is 1. The van der Waals surface area contributed by atoms with Crippen LogP contribution in [0.1, 0.15) is 10.6 Å². The fourth-order valence-electron chi connectivity index (χ4n) is 3.31. The molecule has 0 saturated heterocycles. The third-order valence-electron chi connectivity index (χ3n) is 4.77. The summed E-state index contributed by atoms with van der Waals surface area (Å²) in [5.74, 6) is -3.55. The van der Waals surface area contributed by atoms with Gasteiger partial charge in [0.25, 0.3) is 5.95 Å². The van der Waals surface area contributed by atoms with Crippen molar-refractivity contribution in [1.82, 2.24) is 0 Å². The van der Waals surface area contributed by atoms with Gasteiger partial charge in [-0.05, 0) is 0 Å². The van der Waals surface area contributed by atoms with Gasteiger partial charge in [-0.1, -0.05) is 0 Å². The van der Waals surface area contributed by atoms with E-state index in [1.165, 1.54) is 0 Å². The molecule has 4 aromatic rings. The number of aromatic carboxylic acids is 1. The number of benzene rings is 2. The summed E-state index contributed by atoms with van der Waals surface area (Å²) < 4.78 is 25.7. The van der Waals surface area contributed by atoms with Crippen molar-refractivity contribution in [3.63, 3.8) is 0 Å². The van der Waals surface area contributed by atoms with Crippen molar-refractivity contribution < 1.29 is 53.1 Å². The van der Waals surface area contributed by atoms with Gasteiger partial charge in [0.15, 0.2) is 10.9 Å². The number of phenolic OH excluding ortho intramolecular Hbond substituents is 2. The molecule has 0 saturated carbocycles. The van der Waals surface area contributed by atoms with Crippen molar-refractivity contribution in [2.45, 2.75) is 6.10 Å². The zero-order valence-electron chi connectivity index (χ0n) is 18.0. The number of carboxylic acid groups (broad SMARTS) is 1. The molecule has 0 fully saturated rings. The smallest absolute Gasteiger partial charge is 0.371 e. The monoisotopic (exact) mass is 500 g/mol. The number of ether oxygens (including phenoxy) is 3. The lowest BCUT2D eigenvalue weighted by Gasteiger charge is -2.15. The van der Waals surface area contributed by atoms with Crippen molar-refractivity contribution in [2.24, 2.45) is 0 Å². The van der Waals surface area contributed by atoms with Crippen LogP contribution < -0.4 is 25.1 Å². The Morgan fingerprint density at radius 3 is 1.92 bits per heavy atom. The average Bonchev–Trinajstić information content (AvgIpc) is 2.80. The molecule has 4 rings (SSSR count). The molecule has 0 aliphatic rings. The predicted molar refractivity (Wildman–Crippen MR) is 119 cm³/mol. The fraction of sp³-hybridized carbons (Fsp3) is 0.130. The van der Waals surface area contributed by atoms with Gasteiger partial charge in [-0.3, -0.25) is 14.4 Å². The standard InChI is InChI=1S/C23H16O13/c24-9-34-20-6-14(29)22-16(2-11(26)4-18(22)36-20)33-8-12(27)7-32-15-1-10(25)3-17-21(15)13(28)5-19(35-17)23(30)31/h1-6,9,12,25-27H,7-8H2,(H,30,31). The maximum Gasteiger partial charge on any atom is 0.371 e. The summed E-state index contributed by atoms with van der Waals surface area (Å²) in [6, 6.07) is 5.99. The Bertz CT molecular complexity index is 1600. The Morgan fingerprint density at radius 1 is 0.861 bits per heavy atom. The van der Waals surface area contributed by atoms with Gasteiger partial charge >= 0.3 is 12.4 Å². The maximum atomic E-state index is 12.4. The molecule has 0 aliphatic heterocycles. The van der Waals surface area contributed by atoms with Crippen LogP contribution in [0.15, 0.2) is 54.8 Å². The first-order valence-corrected chi connectivity index (χ1v) is 10.0. The van der Waals surface area contributed by atoms with Crippen LogP contribution in [0.4, 0.5) is 0 Å². The molecule has 186 valence electrons. The molecule has 2 heterocycles. The van der Waals surface area contributed by atoms with Crippen LogP contribution in [-0.2, 0) is 4.79 Å². The third kappa shape index (κ3) is 4.90. The highest BCUT2D eigenvalue weighted by Gasteiger charge is 2.18. The topological polar surface area (TPSA) is 203 Å². The highest BCUT2D eigenvalue weighted by Crippen LogP contribution is 2.31. The predicted octanol–water partition coefficient (Wildman–Crippen LogP) is 1.36. The molecule has 4 N–H and O–H groups in total. The number of hydrogen-bond donors (Lipinski definition) is 4. The van der Waals surface area contributed by atoms with E-state index in [2.05, 4.69) is 4.74 Å². The minimum absolute atomic E-state index is 0.0608. The Balaban J connectivity index is 1.53. The molecule has 0 bridgehead atoms. The summed E-state index contributed by atoms with van der Waals surface area (Å²) in [7, 11) is 0. The number of aromatic hydroxyl groups is 2. The molecule has 0 amide bonds. The second-order valence-electron chi connectivity index (χ2n) is 7.33. The minimum Gasteiger partial charge on any atom is -0.508 e. The van der Waals surface area contributed by atoms with Crippen molar-refractivity contribution in [1.29, 1.82) is 0 Å². The highest BCUT2D eigenvalue weighted by molar-refractivity contribution is 5.90. The zero-order valence-corrected chi connectivity index (χ0v) is 18.0. The van der Waals surface area contributed by atoms with E-state index in [1.807, 2.05) is 0 Å². The normalized spacial score (nSPS) is 11.8. The van der Waals surface area contributed by atoms with E-state index in [9.17, 15) is 34.5 Å². The second kappa shape index (κ2) is 9.68. The molecule has 13 heteroatoms. The largest absolute Gasteiger partial charge is 0.508 e. The van der Waals surface area contributed by atoms with E-state index in [1.54, 1.807) is 0 Å². The van der Waals surface area contributed by atoms with Crippen LogP contribution >= 0.6 is 0 Å². The number of fused-ring (bicyclic) bond motifs is 2. The molecule has 36 heavy (non-hydrogen) atoms. The van der Waals surface area contributed by atoms with Crippen LogP contribution in [0.5, 0.6) is 28.9 Å². The Kier molecular flexibility index (Phi) is 6.48. The van der Waals surface area contributed by atoms with Crippen LogP contribution in [0.2, 0.25) is 0 Å². The lowest BCUT2D eigenvalue weighted by molar-refractivity contribution is -0.121. The molecular weight excluding hydrogens is 484 g/mol. The van der Waals surface area contributed by atoms with Crippen LogP contribution in [0.3, 0.4) is 0 Å². The summed E-state index contributed by atoms with van der Waals surface area (Å²) in [5, 5.41) is 38.9. The number of hydrogen-bond acceptors (Lipinski definition) is 12. The minimum atomic E-state index is -1.48. The number of carbonyl (C=O) groups excluding carboxylic acids is 1.